The molecule has 2 aromatic carbocycles. The van der Waals surface area contributed by atoms with Crippen LogP contribution in [0, 0.1) is 6.92 Å². The first kappa shape index (κ1) is 27.1. The summed E-state index contributed by atoms with van der Waals surface area (Å²) in [6.45, 7) is 5.12. The average molecular weight is 533 g/mol. The van der Waals surface area contributed by atoms with Crippen molar-refractivity contribution in [3.8, 4) is 11.5 Å². The lowest BCUT2D eigenvalue weighted by molar-refractivity contribution is -0.145. The van der Waals surface area contributed by atoms with E-state index < -0.39 is 29.6 Å². The minimum absolute atomic E-state index is 0.127. The Labute approximate surface area is 217 Å². The number of halogens is 1. The standard InChI is InChI=1S/C25H25ClN2O7S/c1-4-33-19-11-16(10-18(26)23(19)35-14-22(30)34-5-2)12-20-24(31)28(25(32)36-20)13-21(29)27-17-8-6-15(3)7-9-17/h6-12H,4-5,13-14H2,1-3H3,(H,27,29)/b20-12-. The Balaban J connectivity index is 1.74. The zero-order valence-electron chi connectivity index (χ0n) is 20.0. The molecule has 3 rings (SSSR count). The Morgan fingerprint density at radius 3 is 2.47 bits per heavy atom. The van der Waals surface area contributed by atoms with E-state index in [0.717, 1.165) is 22.2 Å². The maximum absolute atomic E-state index is 12.9. The largest absolute Gasteiger partial charge is 0.490 e. The fourth-order valence-corrected chi connectivity index (χ4v) is 4.29. The van der Waals surface area contributed by atoms with E-state index in [1.165, 1.54) is 12.1 Å². The molecule has 0 spiro atoms. The highest BCUT2D eigenvalue weighted by molar-refractivity contribution is 8.18. The average Bonchev–Trinajstić information content (AvgIpc) is 3.07. The summed E-state index contributed by atoms with van der Waals surface area (Å²) >= 11 is 7.08. The van der Waals surface area contributed by atoms with Gasteiger partial charge in [0.25, 0.3) is 11.1 Å². The molecular weight excluding hydrogens is 508 g/mol. The number of carbonyl (C=O) groups excluding carboxylic acids is 4. The van der Waals surface area contributed by atoms with Crippen LogP contribution in [0.25, 0.3) is 6.08 Å². The number of ether oxygens (including phenoxy) is 3. The molecule has 1 N–H and O–H groups in total. The quantitative estimate of drug-likeness (QED) is 0.347. The molecule has 36 heavy (non-hydrogen) atoms. The van der Waals surface area contributed by atoms with Gasteiger partial charge in [-0.2, -0.15) is 0 Å². The second kappa shape index (κ2) is 12.5. The molecule has 190 valence electrons. The van der Waals surface area contributed by atoms with Crippen molar-refractivity contribution in [2.45, 2.75) is 20.8 Å². The van der Waals surface area contributed by atoms with Crippen LogP contribution in [0.1, 0.15) is 25.0 Å². The number of esters is 1. The van der Waals surface area contributed by atoms with Gasteiger partial charge in [-0.3, -0.25) is 19.3 Å². The first-order valence-electron chi connectivity index (χ1n) is 11.1. The van der Waals surface area contributed by atoms with Gasteiger partial charge < -0.3 is 19.5 Å². The second-order valence-electron chi connectivity index (χ2n) is 7.54. The minimum Gasteiger partial charge on any atom is -0.490 e. The number of imide groups is 1. The third-order valence-electron chi connectivity index (χ3n) is 4.78. The normalized spacial score (nSPS) is 14.2. The van der Waals surface area contributed by atoms with Crippen LogP contribution in [0.2, 0.25) is 5.02 Å². The van der Waals surface area contributed by atoms with Crippen molar-refractivity contribution in [1.29, 1.82) is 0 Å². The van der Waals surface area contributed by atoms with Crippen molar-refractivity contribution >= 4 is 58.1 Å². The first-order chi connectivity index (χ1) is 17.2. The number of benzene rings is 2. The fourth-order valence-electron chi connectivity index (χ4n) is 3.18. The van der Waals surface area contributed by atoms with Crippen molar-refractivity contribution in [3.63, 3.8) is 0 Å². The second-order valence-corrected chi connectivity index (χ2v) is 8.94. The zero-order valence-corrected chi connectivity index (χ0v) is 21.5. The van der Waals surface area contributed by atoms with Crippen molar-refractivity contribution < 1.29 is 33.4 Å². The number of carbonyl (C=O) groups is 4. The van der Waals surface area contributed by atoms with Crippen molar-refractivity contribution in [2.75, 3.05) is 31.7 Å². The molecule has 1 heterocycles. The number of thioether (sulfide) groups is 1. The van der Waals surface area contributed by atoms with E-state index >= 15 is 0 Å². The molecule has 1 aliphatic rings. The molecule has 0 unspecified atom stereocenters. The number of hydrogen-bond donors (Lipinski definition) is 1. The molecule has 9 nitrogen and oxygen atoms in total. The molecule has 2 aromatic rings. The molecule has 1 saturated heterocycles. The SMILES string of the molecule is CCOC(=O)COc1c(Cl)cc(/C=C2\SC(=O)N(CC(=O)Nc3ccc(C)cc3)C2=O)cc1OCC. The number of aryl methyl sites for hydroxylation is 1. The Hall–Kier alpha value is -3.50. The summed E-state index contributed by atoms with van der Waals surface area (Å²) in [6.07, 6.45) is 1.48. The molecule has 0 radical (unpaired) electrons. The number of anilines is 1. The number of amides is 3. The monoisotopic (exact) mass is 532 g/mol. The van der Waals surface area contributed by atoms with Crippen LogP contribution < -0.4 is 14.8 Å². The molecule has 3 amide bonds. The molecule has 0 bridgehead atoms. The molecule has 0 saturated carbocycles. The molecule has 0 atom stereocenters. The third kappa shape index (κ3) is 7.02. The Morgan fingerprint density at radius 1 is 1.08 bits per heavy atom. The highest BCUT2D eigenvalue weighted by atomic mass is 35.5. The molecular formula is C25H25ClN2O7S. The molecule has 1 aliphatic heterocycles. The van der Waals surface area contributed by atoms with Gasteiger partial charge in [0.2, 0.25) is 5.91 Å². The topological polar surface area (TPSA) is 111 Å². The molecule has 0 aromatic heterocycles. The van der Waals surface area contributed by atoms with Crippen LogP contribution in [-0.2, 0) is 19.1 Å². The van der Waals surface area contributed by atoms with Crippen LogP contribution in [0.4, 0.5) is 10.5 Å². The van der Waals surface area contributed by atoms with Gasteiger partial charge in [-0.05, 0) is 68.4 Å². The number of nitrogens with zero attached hydrogens (tertiary/aromatic N) is 1. The predicted molar refractivity (Wildman–Crippen MR) is 137 cm³/mol. The maximum Gasteiger partial charge on any atom is 0.344 e. The van der Waals surface area contributed by atoms with Gasteiger partial charge in [0.1, 0.15) is 6.54 Å². The van der Waals surface area contributed by atoms with E-state index in [1.54, 1.807) is 32.0 Å². The van der Waals surface area contributed by atoms with Crippen LogP contribution in [0.3, 0.4) is 0 Å². The maximum atomic E-state index is 12.9. The van der Waals surface area contributed by atoms with Crippen molar-refractivity contribution in [2.24, 2.45) is 0 Å². The molecule has 1 fully saturated rings. The number of nitrogens with one attached hydrogen (secondary N) is 1. The van der Waals surface area contributed by atoms with Gasteiger partial charge in [0, 0.05) is 5.69 Å². The summed E-state index contributed by atoms with van der Waals surface area (Å²) in [4.78, 5) is 50.3. The van der Waals surface area contributed by atoms with Crippen LogP contribution in [0.15, 0.2) is 41.3 Å². The van der Waals surface area contributed by atoms with Gasteiger partial charge in [0.15, 0.2) is 18.1 Å². The third-order valence-corrected chi connectivity index (χ3v) is 5.97. The Bertz CT molecular complexity index is 1200. The minimum atomic E-state index is -0.597. The van der Waals surface area contributed by atoms with Crippen LogP contribution >= 0.6 is 23.4 Å². The van der Waals surface area contributed by atoms with Crippen LogP contribution in [0.5, 0.6) is 11.5 Å². The van der Waals surface area contributed by atoms with Crippen molar-refractivity contribution in [3.05, 3.63) is 57.5 Å². The van der Waals surface area contributed by atoms with Gasteiger partial charge >= 0.3 is 5.97 Å². The van der Waals surface area contributed by atoms with Crippen molar-refractivity contribution in [1.82, 2.24) is 4.90 Å². The number of rotatable bonds is 10. The van der Waals surface area contributed by atoms with E-state index in [9.17, 15) is 19.2 Å². The first-order valence-corrected chi connectivity index (χ1v) is 12.3. The summed E-state index contributed by atoms with van der Waals surface area (Å²) in [6, 6.07) is 10.2. The van der Waals surface area contributed by atoms with Gasteiger partial charge in [-0.25, -0.2) is 4.79 Å². The predicted octanol–water partition coefficient (Wildman–Crippen LogP) is 4.66. The summed E-state index contributed by atoms with van der Waals surface area (Å²) in [5, 5.41) is 2.26. The zero-order chi connectivity index (χ0) is 26.2. The highest BCUT2D eigenvalue weighted by Crippen LogP contribution is 2.39. The molecule has 0 aliphatic carbocycles. The lowest BCUT2D eigenvalue weighted by atomic mass is 10.1. The number of hydrogen-bond acceptors (Lipinski definition) is 8. The van der Waals surface area contributed by atoms with Gasteiger partial charge in [0.05, 0.1) is 23.1 Å². The lowest BCUT2D eigenvalue weighted by Gasteiger charge is -2.14. The van der Waals surface area contributed by atoms with E-state index in [1.807, 2.05) is 19.1 Å². The van der Waals surface area contributed by atoms with E-state index in [2.05, 4.69) is 5.32 Å². The smallest absolute Gasteiger partial charge is 0.344 e. The lowest BCUT2D eigenvalue weighted by Crippen LogP contribution is -2.36. The summed E-state index contributed by atoms with van der Waals surface area (Å²) < 4.78 is 15.9. The van der Waals surface area contributed by atoms with E-state index in [0.29, 0.717) is 17.9 Å². The fraction of sp³-hybridized carbons (Fsp3) is 0.280. The van der Waals surface area contributed by atoms with Gasteiger partial charge in [-0.1, -0.05) is 29.3 Å². The highest BCUT2D eigenvalue weighted by Gasteiger charge is 2.36. The van der Waals surface area contributed by atoms with Crippen LogP contribution in [-0.4, -0.2) is 54.3 Å². The summed E-state index contributed by atoms with van der Waals surface area (Å²) in [5.74, 6) is -1.23. The van der Waals surface area contributed by atoms with E-state index in [-0.39, 0.29) is 34.6 Å². The van der Waals surface area contributed by atoms with E-state index in [4.69, 9.17) is 25.8 Å². The Kier molecular flexibility index (Phi) is 9.38. The van der Waals surface area contributed by atoms with Gasteiger partial charge in [-0.15, -0.1) is 0 Å². The summed E-state index contributed by atoms with van der Waals surface area (Å²) in [7, 11) is 0. The molecule has 11 heteroatoms. The summed E-state index contributed by atoms with van der Waals surface area (Å²) in [5.41, 5.74) is 2.08. The Morgan fingerprint density at radius 2 is 1.81 bits per heavy atom.